The van der Waals surface area contributed by atoms with Crippen molar-refractivity contribution in [3.63, 3.8) is 0 Å². The van der Waals surface area contributed by atoms with E-state index in [0.29, 0.717) is 18.4 Å². The Hall–Kier alpha value is -0.930. The quantitative estimate of drug-likeness (QED) is 0.780. The molecule has 0 aliphatic rings. The SMILES string of the molecule is CCCC(CO)(CO)Cc1ccccc1F. The lowest BCUT2D eigenvalue weighted by atomic mass is 9.79. The molecule has 1 rings (SSSR count). The van der Waals surface area contributed by atoms with Gasteiger partial charge in [0.05, 0.1) is 13.2 Å². The molecule has 1 aromatic carbocycles. The number of hydrogen-bond acceptors (Lipinski definition) is 2. The smallest absolute Gasteiger partial charge is 0.126 e. The van der Waals surface area contributed by atoms with Gasteiger partial charge in [0.25, 0.3) is 0 Å². The van der Waals surface area contributed by atoms with Crippen molar-refractivity contribution in [1.82, 2.24) is 0 Å². The summed E-state index contributed by atoms with van der Waals surface area (Å²) in [5, 5.41) is 18.8. The predicted octanol–water partition coefficient (Wildman–Crippen LogP) is 2.14. The van der Waals surface area contributed by atoms with Crippen LogP contribution in [0.4, 0.5) is 4.39 Å². The van der Waals surface area contributed by atoms with Gasteiger partial charge in [-0.2, -0.15) is 0 Å². The van der Waals surface area contributed by atoms with Crippen LogP contribution >= 0.6 is 0 Å². The summed E-state index contributed by atoms with van der Waals surface area (Å²) in [5.74, 6) is -0.273. The van der Waals surface area contributed by atoms with Crippen molar-refractivity contribution < 1.29 is 14.6 Å². The van der Waals surface area contributed by atoms with E-state index in [1.54, 1.807) is 18.2 Å². The van der Waals surface area contributed by atoms with Crippen LogP contribution in [0.2, 0.25) is 0 Å². The molecular weight excluding hydrogens is 207 g/mol. The Morgan fingerprint density at radius 2 is 1.81 bits per heavy atom. The number of aliphatic hydroxyl groups is 2. The minimum atomic E-state index is -0.600. The van der Waals surface area contributed by atoms with Crippen molar-refractivity contribution in [2.24, 2.45) is 5.41 Å². The lowest BCUT2D eigenvalue weighted by molar-refractivity contribution is 0.0460. The van der Waals surface area contributed by atoms with Gasteiger partial charge in [-0.3, -0.25) is 0 Å². The average Bonchev–Trinajstić information content (AvgIpc) is 2.31. The summed E-state index contributed by atoms with van der Waals surface area (Å²) in [6, 6.07) is 6.51. The van der Waals surface area contributed by atoms with Crippen LogP contribution in [0.3, 0.4) is 0 Å². The van der Waals surface area contributed by atoms with Crippen molar-refractivity contribution >= 4 is 0 Å². The Labute approximate surface area is 95.7 Å². The number of hydrogen-bond donors (Lipinski definition) is 2. The van der Waals surface area contributed by atoms with Gasteiger partial charge in [-0.1, -0.05) is 31.5 Å². The van der Waals surface area contributed by atoms with E-state index < -0.39 is 5.41 Å². The summed E-state index contributed by atoms with van der Waals surface area (Å²) < 4.78 is 13.5. The fraction of sp³-hybridized carbons (Fsp3) is 0.538. The van der Waals surface area contributed by atoms with E-state index in [1.807, 2.05) is 6.92 Å². The predicted molar refractivity (Wildman–Crippen MR) is 61.6 cm³/mol. The van der Waals surface area contributed by atoms with Gasteiger partial charge in [0.15, 0.2) is 0 Å². The number of aliphatic hydroxyl groups excluding tert-OH is 2. The highest BCUT2D eigenvalue weighted by Crippen LogP contribution is 2.28. The number of rotatable bonds is 6. The molecule has 0 aromatic heterocycles. The molecule has 0 unspecified atom stereocenters. The Morgan fingerprint density at radius 3 is 2.31 bits per heavy atom. The first kappa shape index (κ1) is 13.1. The summed E-state index contributed by atoms with van der Waals surface area (Å²) in [6.07, 6.45) is 1.92. The van der Waals surface area contributed by atoms with Gasteiger partial charge in [0.2, 0.25) is 0 Å². The van der Waals surface area contributed by atoms with Crippen LogP contribution in [0, 0.1) is 11.2 Å². The summed E-state index contributed by atoms with van der Waals surface area (Å²) in [7, 11) is 0. The van der Waals surface area contributed by atoms with Crippen molar-refractivity contribution in [3.8, 4) is 0 Å². The van der Waals surface area contributed by atoms with Gasteiger partial charge >= 0.3 is 0 Å². The van der Waals surface area contributed by atoms with Gasteiger partial charge < -0.3 is 10.2 Å². The van der Waals surface area contributed by atoms with E-state index in [0.717, 1.165) is 6.42 Å². The Bertz CT molecular complexity index is 321. The second kappa shape index (κ2) is 5.97. The van der Waals surface area contributed by atoms with Gasteiger partial charge in [-0.05, 0) is 24.5 Å². The molecule has 0 aliphatic heterocycles. The molecule has 1 aromatic rings. The summed E-state index contributed by atoms with van der Waals surface area (Å²) in [6.45, 7) is 1.75. The van der Waals surface area contributed by atoms with Crippen LogP contribution in [-0.2, 0) is 6.42 Å². The van der Waals surface area contributed by atoms with Crippen LogP contribution < -0.4 is 0 Å². The highest BCUT2D eigenvalue weighted by atomic mass is 19.1. The summed E-state index contributed by atoms with van der Waals surface area (Å²) in [4.78, 5) is 0. The number of benzene rings is 1. The third kappa shape index (κ3) is 3.03. The molecule has 3 heteroatoms. The van der Waals surface area contributed by atoms with Gasteiger partial charge in [-0.15, -0.1) is 0 Å². The molecule has 0 heterocycles. The second-order valence-electron chi connectivity index (χ2n) is 4.33. The molecule has 0 aliphatic carbocycles. The second-order valence-corrected chi connectivity index (χ2v) is 4.33. The minimum Gasteiger partial charge on any atom is -0.396 e. The van der Waals surface area contributed by atoms with E-state index in [-0.39, 0.29) is 19.0 Å². The standard InChI is InChI=1S/C13H19FO2/c1-2-7-13(9-15,10-16)8-11-5-3-4-6-12(11)14/h3-6,15-16H,2,7-10H2,1H3. The van der Waals surface area contributed by atoms with E-state index >= 15 is 0 Å². The zero-order valence-electron chi connectivity index (χ0n) is 9.62. The van der Waals surface area contributed by atoms with Gasteiger partial charge in [-0.25, -0.2) is 4.39 Å². The summed E-state index contributed by atoms with van der Waals surface area (Å²) in [5.41, 5.74) is -0.0456. The van der Waals surface area contributed by atoms with Crippen LogP contribution in [0.5, 0.6) is 0 Å². The first-order chi connectivity index (χ1) is 7.67. The van der Waals surface area contributed by atoms with Crippen LogP contribution in [-0.4, -0.2) is 23.4 Å². The summed E-state index contributed by atoms with van der Waals surface area (Å²) >= 11 is 0. The van der Waals surface area contributed by atoms with Crippen molar-refractivity contribution in [2.45, 2.75) is 26.2 Å². The fourth-order valence-corrected chi connectivity index (χ4v) is 1.98. The highest BCUT2D eigenvalue weighted by Gasteiger charge is 2.29. The van der Waals surface area contributed by atoms with Crippen LogP contribution in [0.1, 0.15) is 25.3 Å². The molecule has 0 radical (unpaired) electrons. The van der Waals surface area contributed by atoms with Gasteiger partial charge in [0, 0.05) is 5.41 Å². The monoisotopic (exact) mass is 226 g/mol. The van der Waals surface area contributed by atoms with E-state index in [9.17, 15) is 14.6 Å². The highest BCUT2D eigenvalue weighted by molar-refractivity contribution is 5.19. The van der Waals surface area contributed by atoms with Crippen molar-refractivity contribution in [2.75, 3.05) is 13.2 Å². The van der Waals surface area contributed by atoms with E-state index in [1.165, 1.54) is 6.07 Å². The molecule has 0 saturated carbocycles. The molecular formula is C13H19FO2. The van der Waals surface area contributed by atoms with Gasteiger partial charge in [0.1, 0.15) is 5.82 Å². The molecule has 90 valence electrons. The normalized spacial score (nSPS) is 11.8. The van der Waals surface area contributed by atoms with E-state index in [2.05, 4.69) is 0 Å². The maximum atomic E-state index is 13.5. The maximum Gasteiger partial charge on any atom is 0.126 e. The topological polar surface area (TPSA) is 40.5 Å². The first-order valence-electron chi connectivity index (χ1n) is 5.62. The molecule has 2 N–H and O–H groups in total. The van der Waals surface area contributed by atoms with Crippen LogP contribution in [0.15, 0.2) is 24.3 Å². The average molecular weight is 226 g/mol. The van der Waals surface area contributed by atoms with Crippen molar-refractivity contribution in [3.05, 3.63) is 35.6 Å². The Morgan fingerprint density at radius 1 is 1.19 bits per heavy atom. The molecule has 0 bridgehead atoms. The lowest BCUT2D eigenvalue weighted by Crippen LogP contribution is -2.32. The van der Waals surface area contributed by atoms with Crippen molar-refractivity contribution in [1.29, 1.82) is 0 Å². The molecule has 0 fully saturated rings. The number of halogens is 1. The minimum absolute atomic E-state index is 0.119. The molecule has 0 saturated heterocycles. The Balaban J connectivity index is 2.87. The zero-order valence-corrected chi connectivity index (χ0v) is 9.62. The lowest BCUT2D eigenvalue weighted by Gasteiger charge is -2.29. The third-order valence-electron chi connectivity index (χ3n) is 2.97. The molecule has 0 spiro atoms. The molecule has 2 nitrogen and oxygen atoms in total. The Kier molecular flexibility index (Phi) is 4.90. The van der Waals surface area contributed by atoms with E-state index in [4.69, 9.17) is 0 Å². The first-order valence-corrected chi connectivity index (χ1v) is 5.62. The molecule has 0 atom stereocenters. The fourth-order valence-electron chi connectivity index (χ4n) is 1.98. The molecule has 16 heavy (non-hydrogen) atoms. The third-order valence-corrected chi connectivity index (χ3v) is 2.97. The maximum absolute atomic E-state index is 13.5. The van der Waals surface area contributed by atoms with Crippen LogP contribution in [0.25, 0.3) is 0 Å². The molecule has 0 amide bonds. The largest absolute Gasteiger partial charge is 0.396 e. The zero-order chi connectivity index (χ0) is 12.0.